The third-order valence-corrected chi connectivity index (χ3v) is 1.96. The van der Waals surface area contributed by atoms with Crippen LogP contribution in [0.15, 0.2) is 12.3 Å². The molecule has 0 saturated heterocycles. The van der Waals surface area contributed by atoms with Crippen molar-refractivity contribution in [3.05, 3.63) is 12.3 Å². The van der Waals surface area contributed by atoms with Gasteiger partial charge in [0, 0.05) is 6.08 Å². The molecule has 0 aliphatic heterocycles. The molecule has 0 amide bonds. The molecular weight excluding hydrogens is 174 g/mol. The molecule has 0 bridgehead atoms. The molecule has 0 heterocycles. The summed E-state index contributed by atoms with van der Waals surface area (Å²) in [6.07, 6.45) is 9.03. The summed E-state index contributed by atoms with van der Waals surface area (Å²) in [5, 5.41) is 0. The standard InChI is InChI=1S/C12H26NO/c1-5-6-7-8-11-14-12-9-10-13(2,3)4/h9,12H,5-8,10-11H2,1-4H3/q+1. The number of quaternary nitrogens is 1. The number of nitrogens with zero attached hydrogens (tertiary/aromatic N) is 1. The third kappa shape index (κ3) is 11.5. The highest BCUT2D eigenvalue weighted by Gasteiger charge is 2.01. The van der Waals surface area contributed by atoms with Crippen LogP contribution in [0.1, 0.15) is 32.6 Å². The maximum absolute atomic E-state index is 5.39. The van der Waals surface area contributed by atoms with Crippen molar-refractivity contribution in [1.29, 1.82) is 0 Å². The fourth-order valence-corrected chi connectivity index (χ4v) is 1.11. The predicted octanol–water partition coefficient (Wildman–Crippen LogP) is 2.80. The lowest BCUT2D eigenvalue weighted by Crippen LogP contribution is -2.34. The van der Waals surface area contributed by atoms with E-state index in [4.69, 9.17) is 4.74 Å². The summed E-state index contributed by atoms with van der Waals surface area (Å²) >= 11 is 0. The van der Waals surface area contributed by atoms with Crippen LogP contribution < -0.4 is 0 Å². The largest absolute Gasteiger partial charge is 0.501 e. The van der Waals surface area contributed by atoms with Crippen molar-refractivity contribution < 1.29 is 9.22 Å². The highest BCUT2D eigenvalue weighted by Crippen LogP contribution is 1.99. The highest BCUT2D eigenvalue weighted by molar-refractivity contribution is 4.72. The third-order valence-electron chi connectivity index (χ3n) is 1.96. The fourth-order valence-electron chi connectivity index (χ4n) is 1.11. The summed E-state index contributed by atoms with van der Waals surface area (Å²) in [5.74, 6) is 0. The van der Waals surface area contributed by atoms with Gasteiger partial charge >= 0.3 is 0 Å². The van der Waals surface area contributed by atoms with Gasteiger partial charge in [-0.1, -0.05) is 26.2 Å². The monoisotopic (exact) mass is 200 g/mol. The normalized spacial score (nSPS) is 12.3. The average Bonchev–Trinajstić information content (AvgIpc) is 2.08. The van der Waals surface area contributed by atoms with E-state index in [-0.39, 0.29) is 0 Å². The molecule has 0 atom stereocenters. The Morgan fingerprint density at radius 3 is 2.36 bits per heavy atom. The molecule has 2 heteroatoms. The van der Waals surface area contributed by atoms with Crippen molar-refractivity contribution in [2.45, 2.75) is 32.6 Å². The van der Waals surface area contributed by atoms with E-state index in [9.17, 15) is 0 Å². The molecule has 0 fully saturated rings. The van der Waals surface area contributed by atoms with Gasteiger partial charge < -0.3 is 9.22 Å². The molecule has 0 aromatic carbocycles. The van der Waals surface area contributed by atoms with Crippen molar-refractivity contribution in [2.24, 2.45) is 0 Å². The van der Waals surface area contributed by atoms with Crippen LogP contribution in [0, 0.1) is 0 Å². The zero-order valence-corrected chi connectivity index (χ0v) is 10.3. The summed E-state index contributed by atoms with van der Waals surface area (Å²) in [6.45, 7) is 4.12. The van der Waals surface area contributed by atoms with Crippen LogP contribution in [0.25, 0.3) is 0 Å². The maximum atomic E-state index is 5.39. The van der Waals surface area contributed by atoms with Crippen molar-refractivity contribution in [3.8, 4) is 0 Å². The Hall–Kier alpha value is -0.500. The molecule has 0 aliphatic carbocycles. The SMILES string of the molecule is CCCCCCOC=CC[N+](C)(C)C. The maximum Gasteiger partial charge on any atom is 0.1000 e. The summed E-state index contributed by atoms with van der Waals surface area (Å²) in [4.78, 5) is 0. The van der Waals surface area contributed by atoms with E-state index in [1.807, 2.05) is 6.26 Å². The average molecular weight is 200 g/mol. The predicted molar refractivity (Wildman–Crippen MR) is 62.1 cm³/mol. The van der Waals surface area contributed by atoms with Gasteiger partial charge in [0.25, 0.3) is 0 Å². The number of hydrogen-bond donors (Lipinski definition) is 0. The van der Waals surface area contributed by atoms with E-state index in [1.165, 1.54) is 25.7 Å². The van der Waals surface area contributed by atoms with Gasteiger partial charge in [0.15, 0.2) is 0 Å². The van der Waals surface area contributed by atoms with E-state index in [0.717, 1.165) is 17.6 Å². The molecule has 14 heavy (non-hydrogen) atoms. The van der Waals surface area contributed by atoms with Crippen LogP contribution >= 0.6 is 0 Å². The number of rotatable bonds is 8. The summed E-state index contributed by atoms with van der Waals surface area (Å²) in [7, 11) is 6.52. The number of hydrogen-bond acceptors (Lipinski definition) is 1. The number of unbranched alkanes of at least 4 members (excludes halogenated alkanes) is 3. The lowest BCUT2D eigenvalue weighted by Gasteiger charge is -2.21. The lowest BCUT2D eigenvalue weighted by molar-refractivity contribution is -0.864. The van der Waals surface area contributed by atoms with Gasteiger partial charge in [-0.15, -0.1) is 0 Å². The second-order valence-electron chi connectivity index (χ2n) is 4.78. The minimum atomic E-state index is 0.869. The molecule has 0 aliphatic rings. The molecule has 2 nitrogen and oxygen atoms in total. The molecule has 0 aromatic heterocycles. The Morgan fingerprint density at radius 2 is 1.79 bits per heavy atom. The van der Waals surface area contributed by atoms with Crippen LogP contribution in [0.2, 0.25) is 0 Å². The van der Waals surface area contributed by atoms with Crippen LogP contribution in [0.5, 0.6) is 0 Å². The van der Waals surface area contributed by atoms with Crippen molar-refractivity contribution in [1.82, 2.24) is 0 Å². The van der Waals surface area contributed by atoms with Gasteiger partial charge in [-0.3, -0.25) is 0 Å². The smallest absolute Gasteiger partial charge is 0.1000 e. The summed E-state index contributed by atoms with van der Waals surface area (Å²) < 4.78 is 6.34. The van der Waals surface area contributed by atoms with E-state index in [0.29, 0.717) is 0 Å². The van der Waals surface area contributed by atoms with Crippen LogP contribution in [-0.2, 0) is 4.74 Å². The van der Waals surface area contributed by atoms with Gasteiger partial charge in [-0.05, 0) is 6.42 Å². The van der Waals surface area contributed by atoms with Crippen molar-refractivity contribution in [2.75, 3.05) is 34.3 Å². The second kappa shape index (κ2) is 7.86. The van der Waals surface area contributed by atoms with Crippen LogP contribution in [0.3, 0.4) is 0 Å². The highest BCUT2D eigenvalue weighted by atomic mass is 16.5. The zero-order chi connectivity index (χ0) is 10.9. The number of ether oxygens (including phenoxy) is 1. The van der Waals surface area contributed by atoms with Crippen LogP contribution in [0.4, 0.5) is 0 Å². The van der Waals surface area contributed by atoms with E-state index in [2.05, 4.69) is 34.1 Å². The molecule has 84 valence electrons. The molecule has 0 N–H and O–H groups in total. The molecule has 0 rings (SSSR count). The van der Waals surface area contributed by atoms with Gasteiger partial charge in [-0.2, -0.15) is 0 Å². The topological polar surface area (TPSA) is 9.23 Å². The van der Waals surface area contributed by atoms with E-state index < -0.39 is 0 Å². The first kappa shape index (κ1) is 13.5. The summed E-state index contributed by atoms with van der Waals surface area (Å²) in [5.41, 5.74) is 0. The first-order chi connectivity index (χ1) is 6.56. The molecule has 0 spiro atoms. The van der Waals surface area contributed by atoms with Gasteiger partial charge in [0.05, 0.1) is 40.6 Å². The number of likely N-dealkylation sites (N-methyl/N-ethyl adjacent to an activating group) is 1. The fraction of sp³-hybridized carbons (Fsp3) is 0.833. The minimum absolute atomic E-state index is 0.869. The second-order valence-corrected chi connectivity index (χ2v) is 4.78. The minimum Gasteiger partial charge on any atom is -0.501 e. The molecule has 0 aromatic rings. The van der Waals surface area contributed by atoms with Gasteiger partial charge in [-0.25, -0.2) is 0 Å². The Balaban J connectivity index is 3.19. The summed E-state index contributed by atoms with van der Waals surface area (Å²) in [6, 6.07) is 0. The molecule has 0 radical (unpaired) electrons. The zero-order valence-electron chi connectivity index (χ0n) is 10.3. The van der Waals surface area contributed by atoms with E-state index in [1.54, 1.807) is 0 Å². The Bertz CT molecular complexity index is 147. The van der Waals surface area contributed by atoms with Crippen molar-refractivity contribution >= 4 is 0 Å². The Kier molecular flexibility index (Phi) is 7.58. The quantitative estimate of drug-likeness (QED) is 0.332. The van der Waals surface area contributed by atoms with Crippen LogP contribution in [-0.4, -0.2) is 38.8 Å². The Morgan fingerprint density at radius 1 is 1.07 bits per heavy atom. The Labute approximate surface area is 89.1 Å². The molecule has 0 unspecified atom stereocenters. The van der Waals surface area contributed by atoms with Crippen molar-refractivity contribution in [3.63, 3.8) is 0 Å². The van der Waals surface area contributed by atoms with Gasteiger partial charge in [0.1, 0.15) is 0 Å². The lowest BCUT2D eigenvalue weighted by atomic mass is 10.2. The molecular formula is C12H26NO+. The molecule has 0 saturated carbocycles. The first-order valence-electron chi connectivity index (χ1n) is 5.63. The van der Waals surface area contributed by atoms with E-state index >= 15 is 0 Å². The van der Waals surface area contributed by atoms with Gasteiger partial charge in [0.2, 0.25) is 0 Å². The first-order valence-corrected chi connectivity index (χ1v) is 5.63.